The normalized spacial score (nSPS) is 23.7. The van der Waals surface area contributed by atoms with Crippen LogP contribution in [0.3, 0.4) is 0 Å². The topological polar surface area (TPSA) is 0 Å². The van der Waals surface area contributed by atoms with Crippen molar-refractivity contribution in [1.29, 1.82) is 0 Å². The van der Waals surface area contributed by atoms with E-state index >= 15 is 0 Å². The van der Waals surface area contributed by atoms with E-state index in [-0.39, 0.29) is 0 Å². The summed E-state index contributed by atoms with van der Waals surface area (Å²) in [5.41, 5.74) is 6.32. The van der Waals surface area contributed by atoms with Gasteiger partial charge < -0.3 is 0 Å². The molecule has 76 valence electrons. The molecule has 2 aliphatic rings. The van der Waals surface area contributed by atoms with Crippen LogP contribution in [0.2, 0.25) is 0 Å². The third kappa shape index (κ3) is 1.36. The fourth-order valence-corrected chi connectivity index (χ4v) is 2.91. The van der Waals surface area contributed by atoms with Crippen molar-refractivity contribution in [3.63, 3.8) is 0 Å². The molecule has 15 heavy (non-hydrogen) atoms. The van der Waals surface area contributed by atoms with E-state index in [1.807, 2.05) is 0 Å². The Morgan fingerprint density at radius 1 is 1.20 bits per heavy atom. The number of benzene rings is 1. The maximum Gasteiger partial charge on any atom is 0.00287 e. The van der Waals surface area contributed by atoms with Crippen LogP contribution in [0, 0.1) is 0 Å². The average molecular weight is 196 g/mol. The number of hydrogen-bond donors (Lipinski definition) is 0. The summed E-state index contributed by atoms with van der Waals surface area (Å²) in [6.07, 6.45) is 8.30. The van der Waals surface area contributed by atoms with Crippen molar-refractivity contribution in [2.45, 2.75) is 32.1 Å². The van der Waals surface area contributed by atoms with E-state index in [0.717, 1.165) is 6.42 Å². The zero-order valence-electron chi connectivity index (χ0n) is 9.16. The summed E-state index contributed by atoms with van der Waals surface area (Å²) in [7, 11) is 0. The van der Waals surface area contributed by atoms with Gasteiger partial charge in [0.05, 0.1) is 0 Å². The molecule has 0 radical (unpaired) electrons. The highest BCUT2D eigenvalue weighted by Gasteiger charge is 2.23. The van der Waals surface area contributed by atoms with Gasteiger partial charge in [0.2, 0.25) is 0 Å². The SMILES string of the molecule is C[C@@H]1C2=C(C=CCC2)Cc2ccccc21. The number of fused-ring (bicyclic) bond motifs is 1. The highest BCUT2D eigenvalue weighted by atomic mass is 14.3. The second kappa shape index (κ2) is 3.37. The monoisotopic (exact) mass is 196 g/mol. The van der Waals surface area contributed by atoms with Gasteiger partial charge in [-0.25, -0.2) is 0 Å². The first kappa shape index (κ1) is 8.96. The van der Waals surface area contributed by atoms with Gasteiger partial charge in [-0.3, -0.25) is 0 Å². The zero-order chi connectivity index (χ0) is 10.3. The van der Waals surface area contributed by atoms with Gasteiger partial charge in [0, 0.05) is 5.92 Å². The Hall–Kier alpha value is -1.30. The minimum absolute atomic E-state index is 0.634. The third-order valence-corrected chi connectivity index (χ3v) is 3.74. The van der Waals surface area contributed by atoms with Gasteiger partial charge in [-0.1, -0.05) is 48.9 Å². The summed E-state index contributed by atoms with van der Waals surface area (Å²) in [6.45, 7) is 2.35. The van der Waals surface area contributed by atoms with E-state index in [4.69, 9.17) is 0 Å². The maximum absolute atomic E-state index is 2.35. The van der Waals surface area contributed by atoms with Gasteiger partial charge in [-0.2, -0.15) is 0 Å². The standard InChI is InChI=1S/C15H16/c1-11-14-8-4-2-6-12(14)10-13-7-3-5-9-15(11)13/h2-4,6-8,11H,5,9-10H2,1H3/t11-/m0/s1. The van der Waals surface area contributed by atoms with Crippen LogP contribution >= 0.6 is 0 Å². The summed E-state index contributed by atoms with van der Waals surface area (Å²) in [6, 6.07) is 8.89. The third-order valence-electron chi connectivity index (χ3n) is 3.74. The lowest BCUT2D eigenvalue weighted by Crippen LogP contribution is -2.13. The van der Waals surface area contributed by atoms with Crippen LogP contribution in [-0.2, 0) is 6.42 Å². The summed E-state index contributed by atoms with van der Waals surface area (Å²) in [5.74, 6) is 0.634. The predicted octanol–water partition coefficient (Wildman–Crippen LogP) is 3.99. The van der Waals surface area contributed by atoms with Crippen LogP contribution in [0.5, 0.6) is 0 Å². The number of rotatable bonds is 0. The van der Waals surface area contributed by atoms with Crippen molar-refractivity contribution in [2.75, 3.05) is 0 Å². The van der Waals surface area contributed by atoms with Crippen LogP contribution in [0.1, 0.15) is 36.8 Å². The van der Waals surface area contributed by atoms with Crippen LogP contribution < -0.4 is 0 Å². The van der Waals surface area contributed by atoms with Crippen LogP contribution in [-0.4, -0.2) is 0 Å². The summed E-state index contributed by atoms with van der Waals surface area (Å²) >= 11 is 0. The Labute approximate surface area is 91.3 Å². The number of hydrogen-bond acceptors (Lipinski definition) is 0. The second-order valence-corrected chi connectivity index (χ2v) is 4.59. The van der Waals surface area contributed by atoms with E-state index < -0.39 is 0 Å². The van der Waals surface area contributed by atoms with Crippen LogP contribution in [0.15, 0.2) is 47.6 Å². The smallest absolute Gasteiger partial charge is 0.00287 e. The fraction of sp³-hybridized carbons (Fsp3) is 0.333. The molecule has 3 rings (SSSR count). The fourth-order valence-electron chi connectivity index (χ4n) is 2.91. The Kier molecular flexibility index (Phi) is 2.02. The molecule has 0 bridgehead atoms. The van der Waals surface area contributed by atoms with Crippen molar-refractivity contribution in [2.24, 2.45) is 0 Å². The lowest BCUT2D eigenvalue weighted by molar-refractivity contribution is 0.746. The number of allylic oxidation sites excluding steroid dienone is 4. The second-order valence-electron chi connectivity index (χ2n) is 4.59. The van der Waals surface area contributed by atoms with Gasteiger partial charge >= 0.3 is 0 Å². The first-order valence-corrected chi connectivity index (χ1v) is 5.82. The van der Waals surface area contributed by atoms with Crippen molar-refractivity contribution >= 4 is 0 Å². The molecule has 0 unspecified atom stereocenters. The van der Waals surface area contributed by atoms with Crippen molar-refractivity contribution in [3.8, 4) is 0 Å². The molecule has 0 heterocycles. The Morgan fingerprint density at radius 2 is 2.07 bits per heavy atom. The zero-order valence-corrected chi connectivity index (χ0v) is 9.16. The van der Waals surface area contributed by atoms with Gasteiger partial charge in [0.1, 0.15) is 0 Å². The molecular formula is C15H16. The first-order chi connectivity index (χ1) is 7.36. The van der Waals surface area contributed by atoms with Crippen LogP contribution in [0.25, 0.3) is 0 Å². The van der Waals surface area contributed by atoms with E-state index in [1.165, 1.54) is 18.4 Å². The van der Waals surface area contributed by atoms with E-state index in [1.54, 1.807) is 16.7 Å². The molecule has 0 amide bonds. The van der Waals surface area contributed by atoms with Crippen molar-refractivity contribution in [3.05, 3.63) is 58.7 Å². The van der Waals surface area contributed by atoms with E-state index in [0.29, 0.717) is 5.92 Å². The van der Waals surface area contributed by atoms with Gasteiger partial charge in [0.25, 0.3) is 0 Å². The molecule has 0 saturated carbocycles. The Morgan fingerprint density at radius 3 is 3.00 bits per heavy atom. The Bertz CT molecular complexity index is 449. The highest BCUT2D eigenvalue weighted by molar-refractivity contribution is 5.48. The molecule has 0 nitrogen and oxygen atoms in total. The largest absolute Gasteiger partial charge is 0.0839 e. The molecule has 0 heteroatoms. The molecule has 0 N–H and O–H groups in total. The molecule has 1 aromatic rings. The minimum atomic E-state index is 0.634. The van der Waals surface area contributed by atoms with Crippen LogP contribution in [0.4, 0.5) is 0 Å². The van der Waals surface area contributed by atoms with Gasteiger partial charge in [-0.15, -0.1) is 0 Å². The molecule has 0 aromatic heterocycles. The predicted molar refractivity (Wildman–Crippen MR) is 64.0 cm³/mol. The molecule has 0 saturated heterocycles. The van der Waals surface area contributed by atoms with Crippen molar-refractivity contribution < 1.29 is 0 Å². The first-order valence-electron chi connectivity index (χ1n) is 5.82. The molecule has 2 aliphatic carbocycles. The lowest BCUT2D eigenvalue weighted by atomic mass is 9.76. The summed E-state index contributed by atoms with van der Waals surface area (Å²) < 4.78 is 0. The van der Waals surface area contributed by atoms with Gasteiger partial charge in [-0.05, 0) is 36.0 Å². The van der Waals surface area contributed by atoms with E-state index in [2.05, 4.69) is 43.3 Å². The Balaban J connectivity index is 2.11. The quantitative estimate of drug-likeness (QED) is 0.588. The summed E-state index contributed by atoms with van der Waals surface area (Å²) in [5, 5.41) is 0. The molecule has 0 fully saturated rings. The molecule has 0 aliphatic heterocycles. The molecular weight excluding hydrogens is 180 g/mol. The average Bonchev–Trinajstić information content (AvgIpc) is 2.30. The molecule has 1 aromatic carbocycles. The summed E-state index contributed by atoms with van der Waals surface area (Å²) in [4.78, 5) is 0. The highest BCUT2D eigenvalue weighted by Crippen LogP contribution is 2.39. The molecule has 0 spiro atoms. The lowest BCUT2D eigenvalue weighted by Gasteiger charge is -2.29. The van der Waals surface area contributed by atoms with E-state index in [9.17, 15) is 0 Å². The maximum atomic E-state index is 2.35. The van der Waals surface area contributed by atoms with Gasteiger partial charge in [0.15, 0.2) is 0 Å². The minimum Gasteiger partial charge on any atom is -0.0839 e. The van der Waals surface area contributed by atoms with Crippen molar-refractivity contribution in [1.82, 2.24) is 0 Å². The molecule has 1 atom stereocenters.